The molecule has 0 heterocycles. The second-order valence-corrected chi connectivity index (χ2v) is 4.43. The van der Waals surface area contributed by atoms with Gasteiger partial charge in [-0.25, -0.2) is 0 Å². The molecule has 0 spiro atoms. The maximum absolute atomic E-state index is 12.0. The minimum absolute atomic E-state index is 0.186. The molecular formula is C14H16O6. The molecule has 6 nitrogen and oxygen atoms in total. The Morgan fingerprint density at radius 2 is 1.85 bits per heavy atom. The second kappa shape index (κ2) is 5.85. The van der Waals surface area contributed by atoms with Gasteiger partial charge in [0.15, 0.2) is 5.60 Å². The fourth-order valence-electron chi connectivity index (χ4n) is 1.72. The monoisotopic (exact) mass is 280 g/mol. The molecule has 0 aromatic rings. The van der Waals surface area contributed by atoms with Gasteiger partial charge in [0, 0.05) is 5.57 Å². The lowest BCUT2D eigenvalue weighted by atomic mass is 9.79. The first-order chi connectivity index (χ1) is 9.25. The molecule has 0 aliphatic heterocycles. The highest BCUT2D eigenvalue weighted by atomic mass is 16.3. The molecule has 1 aliphatic rings. The largest absolute Gasteiger partial charge is 0.507 e. The second-order valence-electron chi connectivity index (χ2n) is 4.43. The first-order valence-electron chi connectivity index (χ1n) is 5.84. The number of allylic oxidation sites excluding steroid dienone is 4. The number of ketones is 2. The summed E-state index contributed by atoms with van der Waals surface area (Å²) in [4.78, 5) is 23.7. The molecule has 1 atom stereocenters. The molecule has 0 radical (unpaired) electrons. The van der Waals surface area contributed by atoms with Crippen molar-refractivity contribution < 1.29 is 30.0 Å². The molecule has 0 aromatic carbocycles. The van der Waals surface area contributed by atoms with Gasteiger partial charge in [0.2, 0.25) is 11.6 Å². The highest BCUT2D eigenvalue weighted by Crippen LogP contribution is 2.31. The maximum Gasteiger partial charge on any atom is 0.209 e. The van der Waals surface area contributed by atoms with Crippen molar-refractivity contribution in [3.05, 3.63) is 47.0 Å². The van der Waals surface area contributed by atoms with E-state index >= 15 is 0 Å². The predicted octanol–water partition coefficient (Wildman–Crippen LogP) is 0.638. The van der Waals surface area contributed by atoms with E-state index in [1.165, 1.54) is 25.2 Å². The van der Waals surface area contributed by atoms with Gasteiger partial charge < -0.3 is 20.4 Å². The first kappa shape index (κ1) is 15.9. The molecule has 1 aliphatic carbocycles. The quantitative estimate of drug-likeness (QED) is 0.261. The van der Waals surface area contributed by atoms with Crippen LogP contribution in [0, 0.1) is 0 Å². The van der Waals surface area contributed by atoms with Crippen LogP contribution < -0.4 is 0 Å². The zero-order valence-corrected chi connectivity index (χ0v) is 11.1. The fraction of sp³-hybridized carbons (Fsp3) is 0.286. The van der Waals surface area contributed by atoms with E-state index in [0.29, 0.717) is 0 Å². The van der Waals surface area contributed by atoms with Gasteiger partial charge in [-0.2, -0.15) is 0 Å². The van der Waals surface area contributed by atoms with Crippen LogP contribution in [0.2, 0.25) is 0 Å². The van der Waals surface area contributed by atoms with Gasteiger partial charge in [0.05, 0.1) is 6.61 Å². The normalized spacial score (nSPS) is 27.0. The molecular weight excluding hydrogens is 264 g/mol. The van der Waals surface area contributed by atoms with Crippen LogP contribution in [-0.2, 0) is 9.59 Å². The molecule has 0 amide bonds. The summed E-state index contributed by atoms with van der Waals surface area (Å²) in [7, 11) is 0. The van der Waals surface area contributed by atoms with Crippen LogP contribution in [0.1, 0.15) is 13.8 Å². The van der Waals surface area contributed by atoms with Crippen LogP contribution in [0.3, 0.4) is 0 Å². The number of aliphatic hydroxyl groups is 4. The number of rotatable bonds is 3. The average molecular weight is 280 g/mol. The van der Waals surface area contributed by atoms with E-state index in [2.05, 4.69) is 0 Å². The van der Waals surface area contributed by atoms with Crippen LogP contribution in [0.25, 0.3) is 0 Å². The molecule has 4 N–H and O–H groups in total. The zero-order chi connectivity index (χ0) is 15.5. The first-order valence-corrected chi connectivity index (χ1v) is 5.84. The number of hydrogen-bond acceptors (Lipinski definition) is 6. The Bertz CT molecular complexity index is 560. The lowest BCUT2D eigenvalue weighted by Gasteiger charge is -2.27. The van der Waals surface area contributed by atoms with Crippen molar-refractivity contribution in [1.82, 2.24) is 0 Å². The highest BCUT2D eigenvalue weighted by molar-refractivity contribution is 6.26. The summed E-state index contributed by atoms with van der Waals surface area (Å²) < 4.78 is 0. The fourth-order valence-corrected chi connectivity index (χ4v) is 1.72. The van der Waals surface area contributed by atoms with Crippen molar-refractivity contribution in [2.75, 3.05) is 6.61 Å². The molecule has 0 saturated heterocycles. The summed E-state index contributed by atoms with van der Waals surface area (Å²) in [6.07, 6.45) is 5.24. The van der Waals surface area contributed by atoms with E-state index in [-0.39, 0.29) is 12.2 Å². The Labute approximate surface area is 115 Å². The van der Waals surface area contributed by atoms with Crippen molar-refractivity contribution >= 4 is 11.6 Å². The number of hydrogen-bond donors (Lipinski definition) is 4. The predicted molar refractivity (Wildman–Crippen MR) is 71.0 cm³/mol. The van der Waals surface area contributed by atoms with Gasteiger partial charge in [0.1, 0.15) is 17.1 Å². The van der Waals surface area contributed by atoms with E-state index in [0.717, 1.165) is 13.0 Å². The van der Waals surface area contributed by atoms with E-state index in [4.69, 9.17) is 5.11 Å². The number of aliphatic hydroxyl groups excluding tert-OH is 3. The molecule has 0 bridgehead atoms. The lowest BCUT2D eigenvalue weighted by molar-refractivity contribution is -0.145. The van der Waals surface area contributed by atoms with Crippen LogP contribution in [0.5, 0.6) is 0 Å². The molecule has 20 heavy (non-hydrogen) atoms. The Morgan fingerprint density at radius 3 is 2.40 bits per heavy atom. The van der Waals surface area contributed by atoms with Crippen LogP contribution in [0.4, 0.5) is 0 Å². The summed E-state index contributed by atoms with van der Waals surface area (Å²) in [5, 5.41) is 38.0. The Balaban J connectivity index is 3.35. The van der Waals surface area contributed by atoms with Gasteiger partial charge in [-0.1, -0.05) is 18.2 Å². The lowest BCUT2D eigenvalue weighted by Crippen LogP contribution is -2.48. The van der Waals surface area contributed by atoms with Gasteiger partial charge >= 0.3 is 0 Å². The van der Waals surface area contributed by atoms with Crippen LogP contribution in [0.15, 0.2) is 47.0 Å². The molecule has 0 aromatic heterocycles. The minimum atomic E-state index is -2.31. The van der Waals surface area contributed by atoms with E-state index in [1.54, 1.807) is 0 Å². The zero-order valence-electron chi connectivity index (χ0n) is 11.1. The highest BCUT2D eigenvalue weighted by Gasteiger charge is 2.48. The summed E-state index contributed by atoms with van der Waals surface area (Å²) >= 11 is 0. The molecule has 0 saturated carbocycles. The van der Waals surface area contributed by atoms with Crippen molar-refractivity contribution in [3.63, 3.8) is 0 Å². The Morgan fingerprint density at radius 1 is 1.25 bits per heavy atom. The molecule has 108 valence electrons. The Kier molecular flexibility index (Phi) is 4.65. The van der Waals surface area contributed by atoms with Gasteiger partial charge in [-0.05, 0) is 19.9 Å². The van der Waals surface area contributed by atoms with E-state index < -0.39 is 34.3 Å². The molecule has 6 heteroatoms. The molecule has 0 fully saturated rings. The minimum Gasteiger partial charge on any atom is -0.507 e. The Hall–Kier alpha value is -2.18. The molecule has 1 rings (SSSR count). The van der Waals surface area contributed by atoms with Crippen molar-refractivity contribution in [3.8, 4) is 0 Å². The smallest absolute Gasteiger partial charge is 0.209 e. The number of Topliss-reactive ketones (excluding diaryl/α,β-unsaturated/α-hetero) is 2. The van der Waals surface area contributed by atoms with Crippen LogP contribution in [-0.4, -0.2) is 44.2 Å². The topological polar surface area (TPSA) is 115 Å². The third kappa shape index (κ3) is 2.71. The number of carbonyl (C=O) groups excluding carboxylic acids is 2. The standard InChI is InChI=1S/C14H16O6/c1-8-11(17)10(9(16)6-4-3-5-7-15)13(19)14(2,20)12(8)18/h3-6,15-17,20H,7H2,1-2H3/b5-3+,6-4+,10-9?/t14-/m1/s1. The summed E-state index contributed by atoms with van der Waals surface area (Å²) in [6.45, 7) is 2.07. The van der Waals surface area contributed by atoms with Gasteiger partial charge in [-0.15, -0.1) is 0 Å². The van der Waals surface area contributed by atoms with E-state index in [9.17, 15) is 24.9 Å². The summed E-state index contributed by atoms with van der Waals surface area (Å²) in [5.74, 6) is -3.21. The number of carbonyl (C=O) groups is 2. The van der Waals surface area contributed by atoms with Gasteiger partial charge in [-0.3, -0.25) is 9.59 Å². The SMILES string of the molecule is CC1=C(O)C(=C(O)/C=C/C=C/CO)C(=O)[C@](C)(O)C1=O. The van der Waals surface area contributed by atoms with Gasteiger partial charge in [0.25, 0.3) is 0 Å². The van der Waals surface area contributed by atoms with Crippen molar-refractivity contribution in [2.45, 2.75) is 19.4 Å². The molecule has 0 unspecified atom stereocenters. The summed E-state index contributed by atoms with van der Waals surface area (Å²) in [6, 6.07) is 0. The van der Waals surface area contributed by atoms with Crippen molar-refractivity contribution in [1.29, 1.82) is 0 Å². The van der Waals surface area contributed by atoms with E-state index in [1.807, 2.05) is 0 Å². The van der Waals surface area contributed by atoms with Crippen molar-refractivity contribution in [2.24, 2.45) is 0 Å². The third-order valence-electron chi connectivity index (χ3n) is 2.91. The average Bonchev–Trinajstić information content (AvgIpc) is 2.40. The maximum atomic E-state index is 12.0. The third-order valence-corrected chi connectivity index (χ3v) is 2.91. The van der Waals surface area contributed by atoms with Crippen LogP contribution >= 0.6 is 0 Å². The summed E-state index contributed by atoms with van der Waals surface area (Å²) in [5.41, 5.74) is -3.02.